The standard InChI is InChI=1S/C8H8/c1-2-8-5-3-7(1)4-6-8/h1-8H. The Labute approximate surface area is 49.2 Å². The van der Waals surface area contributed by atoms with Crippen LogP contribution in [-0.2, 0) is 0 Å². The second-order valence-corrected chi connectivity index (χ2v) is 2.31. The normalized spacial score (nSPS) is 39.0. The summed E-state index contributed by atoms with van der Waals surface area (Å²) in [4.78, 5) is 0. The predicted molar refractivity (Wildman–Crippen MR) is 34.4 cm³/mol. The highest BCUT2D eigenvalue weighted by Crippen LogP contribution is 2.22. The Hall–Kier alpha value is -0.780. The lowest BCUT2D eigenvalue weighted by atomic mass is 9.89. The monoisotopic (exact) mass is 104 g/mol. The zero-order valence-corrected chi connectivity index (χ0v) is 4.62. The quantitative estimate of drug-likeness (QED) is 0.412. The third-order valence-electron chi connectivity index (χ3n) is 1.67. The highest BCUT2D eigenvalue weighted by atomic mass is 14.1. The van der Waals surface area contributed by atoms with Gasteiger partial charge in [-0.3, -0.25) is 0 Å². The fourth-order valence-corrected chi connectivity index (χ4v) is 1.15. The van der Waals surface area contributed by atoms with Crippen LogP contribution in [0.3, 0.4) is 0 Å². The molecule has 0 aromatic rings. The summed E-state index contributed by atoms with van der Waals surface area (Å²) in [6.45, 7) is 0. The fourth-order valence-electron chi connectivity index (χ4n) is 1.15. The largest absolute Gasteiger partial charge is 0.0770 e. The first kappa shape index (κ1) is 4.13. The third-order valence-corrected chi connectivity index (χ3v) is 1.67. The number of hydrogen-bond donors (Lipinski definition) is 0. The molecule has 0 spiro atoms. The minimum Gasteiger partial charge on any atom is -0.0770 e. The summed E-state index contributed by atoms with van der Waals surface area (Å²) in [5, 5.41) is 0. The molecule has 0 radical (unpaired) electrons. The van der Waals surface area contributed by atoms with E-state index >= 15 is 0 Å². The molecule has 0 heterocycles. The molecule has 0 saturated carbocycles. The van der Waals surface area contributed by atoms with Crippen LogP contribution in [0.25, 0.3) is 0 Å². The topological polar surface area (TPSA) is 0 Å². The van der Waals surface area contributed by atoms with E-state index in [1.807, 2.05) is 0 Å². The average molecular weight is 104 g/mol. The maximum Gasteiger partial charge on any atom is 0.0128 e. The van der Waals surface area contributed by atoms with Crippen LogP contribution in [0.15, 0.2) is 36.5 Å². The van der Waals surface area contributed by atoms with Crippen molar-refractivity contribution in [1.29, 1.82) is 0 Å². The van der Waals surface area contributed by atoms with E-state index in [9.17, 15) is 0 Å². The molecule has 0 atom stereocenters. The summed E-state index contributed by atoms with van der Waals surface area (Å²) in [5.41, 5.74) is 0. The van der Waals surface area contributed by atoms with Gasteiger partial charge in [-0.1, -0.05) is 36.5 Å². The predicted octanol–water partition coefficient (Wildman–Crippen LogP) is 1.91. The van der Waals surface area contributed by atoms with E-state index in [-0.39, 0.29) is 0 Å². The highest BCUT2D eigenvalue weighted by Gasteiger charge is 2.09. The van der Waals surface area contributed by atoms with Gasteiger partial charge in [0.05, 0.1) is 0 Å². The number of hydrogen-bond acceptors (Lipinski definition) is 0. The Bertz CT molecular complexity index is 121. The van der Waals surface area contributed by atoms with Gasteiger partial charge in [0.25, 0.3) is 0 Å². The van der Waals surface area contributed by atoms with Gasteiger partial charge in [-0.25, -0.2) is 0 Å². The van der Waals surface area contributed by atoms with Crippen molar-refractivity contribution in [3.63, 3.8) is 0 Å². The summed E-state index contributed by atoms with van der Waals surface area (Å²) in [7, 11) is 0. The van der Waals surface area contributed by atoms with Crippen LogP contribution in [0.1, 0.15) is 0 Å². The van der Waals surface area contributed by atoms with Gasteiger partial charge in [-0.05, 0) is 0 Å². The SMILES string of the molecule is C1=CC2C=CC1C=C2. The molecule has 3 aliphatic rings. The van der Waals surface area contributed by atoms with Crippen LogP contribution in [0.4, 0.5) is 0 Å². The maximum atomic E-state index is 2.24. The van der Waals surface area contributed by atoms with Gasteiger partial charge in [-0.15, -0.1) is 0 Å². The van der Waals surface area contributed by atoms with Crippen LogP contribution in [-0.4, -0.2) is 0 Å². The van der Waals surface area contributed by atoms with Gasteiger partial charge < -0.3 is 0 Å². The van der Waals surface area contributed by atoms with Crippen LogP contribution in [0, 0.1) is 11.8 Å². The van der Waals surface area contributed by atoms with E-state index < -0.39 is 0 Å². The summed E-state index contributed by atoms with van der Waals surface area (Å²) in [6.07, 6.45) is 13.4. The average Bonchev–Trinajstić information content (AvgIpc) is 1.92. The molecule has 0 aliphatic heterocycles. The molecule has 3 aliphatic carbocycles. The molecule has 40 valence electrons. The van der Waals surface area contributed by atoms with Crippen molar-refractivity contribution < 1.29 is 0 Å². The molecular formula is C8H8. The summed E-state index contributed by atoms with van der Waals surface area (Å²) >= 11 is 0. The van der Waals surface area contributed by atoms with Gasteiger partial charge >= 0.3 is 0 Å². The Morgan fingerprint density at radius 3 is 0.875 bits per heavy atom. The summed E-state index contributed by atoms with van der Waals surface area (Å²) in [6, 6.07) is 0. The second kappa shape index (κ2) is 1.35. The minimum atomic E-state index is 0.611. The summed E-state index contributed by atoms with van der Waals surface area (Å²) < 4.78 is 0. The van der Waals surface area contributed by atoms with Gasteiger partial charge in [0.2, 0.25) is 0 Å². The van der Waals surface area contributed by atoms with Crippen molar-refractivity contribution >= 4 is 0 Å². The van der Waals surface area contributed by atoms with Crippen molar-refractivity contribution in [2.24, 2.45) is 11.8 Å². The van der Waals surface area contributed by atoms with Crippen LogP contribution >= 0.6 is 0 Å². The number of rotatable bonds is 0. The minimum absolute atomic E-state index is 0.611. The molecule has 0 nitrogen and oxygen atoms in total. The van der Waals surface area contributed by atoms with E-state index in [1.54, 1.807) is 0 Å². The molecule has 0 N–H and O–H groups in total. The molecule has 0 heteroatoms. The molecule has 0 aromatic heterocycles. The van der Waals surface area contributed by atoms with Crippen LogP contribution < -0.4 is 0 Å². The molecular weight excluding hydrogens is 96.1 g/mol. The zero-order chi connectivity index (χ0) is 5.40. The van der Waals surface area contributed by atoms with Gasteiger partial charge in [0.15, 0.2) is 0 Å². The van der Waals surface area contributed by atoms with E-state index in [1.165, 1.54) is 0 Å². The highest BCUT2D eigenvalue weighted by molar-refractivity contribution is 5.28. The first-order valence-corrected chi connectivity index (χ1v) is 3.00. The number of allylic oxidation sites excluding steroid dienone is 6. The van der Waals surface area contributed by atoms with Crippen molar-refractivity contribution in [3.8, 4) is 0 Å². The van der Waals surface area contributed by atoms with Gasteiger partial charge in [0, 0.05) is 11.8 Å². The van der Waals surface area contributed by atoms with Gasteiger partial charge in [0.1, 0.15) is 0 Å². The Balaban J connectivity index is 2.39. The molecule has 8 heavy (non-hydrogen) atoms. The van der Waals surface area contributed by atoms with E-state index in [4.69, 9.17) is 0 Å². The lowest BCUT2D eigenvalue weighted by molar-refractivity contribution is 0.879. The maximum absolute atomic E-state index is 2.24. The van der Waals surface area contributed by atoms with Crippen molar-refractivity contribution in [3.05, 3.63) is 36.5 Å². The third kappa shape index (κ3) is 0.460. The fraction of sp³-hybridized carbons (Fsp3) is 0.250. The smallest absolute Gasteiger partial charge is 0.0128 e. The molecule has 0 saturated heterocycles. The molecule has 0 unspecified atom stereocenters. The van der Waals surface area contributed by atoms with E-state index in [0.29, 0.717) is 11.8 Å². The molecule has 2 bridgehead atoms. The first-order valence-electron chi connectivity index (χ1n) is 3.00. The lowest BCUT2D eigenvalue weighted by Crippen LogP contribution is -2.03. The van der Waals surface area contributed by atoms with Crippen molar-refractivity contribution in [1.82, 2.24) is 0 Å². The Kier molecular flexibility index (Phi) is 0.696. The second-order valence-electron chi connectivity index (χ2n) is 2.31. The Morgan fingerprint density at radius 1 is 0.500 bits per heavy atom. The molecule has 0 amide bonds. The Morgan fingerprint density at radius 2 is 0.750 bits per heavy atom. The first-order chi connectivity index (χ1) is 3.95. The van der Waals surface area contributed by atoms with Crippen LogP contribution in [0.5, 0.6) is 0 Å². The molecule has 0 aromatic carbocycles. The van der Waals surface area contributed by atoms with Crippen molar-refractivity contribution in [2.45, 2.75) is 0 Å². The summed E-state index contributed by atoms with van der Waals surface area (Å²) in [5.74, 6) is 1.22. The molecule has 0 fully saturated rings. The zero-order valence-electron chi connectivity index (χ0n) is 4.62. The van der Waals surface area contributed by atoms with Crippen molar-refractivity contribution in [2.75, 3.05) is 0 Å². The van der Waals surface area contributed by atoms with Crippen LogP contribution in [0.2, 0.25) is 0 Å². The lowest BCUT2D eigenvalue weighted by Gasteiger charge is -2.16. The van der Waals surface area contributed by atoms with E-state index in [0.717, 1.165) is 0 Å². The van der Waals surface area contributed by atoms with E-state index in [2.05, 4.69) is 36.5 Å². The van der Waals surface area contributed by atoms with Gasteiger partial charge in [-0.2, -0.15) is 0 Å². The molecule has 3 rings (SSSR count).